The van der Waals surface area contributed by atoms with Crippen molar-refractivity contribution in [2.24, 2.45) is 0 Å². The number of hydrogen-bond donors (Lipinski definition) is 1. The van der Waals surface area contributed by atoms with Crippen LogP contribution in [0.1, 0.15) is 21.7 Å². The van der Waals surface area contributed by atoms with E-state index in [0.717, 1.165) is 0 Å². The molecule has 0 bridgehead atoms. The standard InChI is InChI=1S/C20H17ClFN3O3/c1-11-18(25-19(26)14-10-13(21)8-9-16(14)27-3)12(2)24-20(23-11)28-17-7-5-4-6-15(17)22/h4-10H,1-3H3,(H,25,26). The summed E-state index contributed by atoms with van der Waals surface area (Å²) in [5.41, 5.74) is 1.63. The van der Waals surface area contributed by atoms with Gasteiger partial charge in [0.25, 0.3) is 5.91 Å². The SMILES string of the molecule is COc1ccc(Cl)cc1C(=O)Nc1c(C)nc(Oc2ccccc2F)nc1C. The van der Waals surface area contributed by atoms with Crippen molar-refractivity contribution in [3.05, 3.63) is 70.3 Å². The molecule has 1 amide bonds. The van der Waals surface area contributed by atoms with E-state index in [-0.39, 0.29) is 17.3 Å². The molecule has 0 atom stereocenters. The Morgan fingerprint density at radius 2 is 1.75 bits per heavy atom. The molecule has 28 heavy (non-hydrogen) atoms. The van der Waals surface area contributed by atoms with Gasteiger partial charge in [-0.1, -0.05) is 23.7 Å². The Morgan fingerprint density at radius 3 is 2.39 bits per heavy atom. The number of nitrogens with one attached hydrogen (secondary N) is 1. The Hall–Kier alpha value is -3.19. The van der Waals surface area contributed by atoms with Gasteiger partial charge in [0.1, 0.15) is 5.75 Å². The molecule has 0 aliphatic rings. The van der Waals surface area contributed by atoms with Crippen molar-refractivity contribution < 1.29 is 18.7 Å². The van der Waals surface area contributed by atoms with Crippen molar-refractivity contribution in [3.8, 4) is 17.5 Å². The number of nitrogens with zero attached hydrogens (tertiary/aromatic N) is 2. The number of ether oxygens (including phenoxy) is 2. The van der Waals surface area contributed by atoms with E-state index in [0.29, 0.717) is 27.8 Å². The number of carbonyl (C=O) groups is 1. The van der Waals surface area contributed by atoms with Gasteiger partial charge in [0.15, 0.2) is 11.6 Å². The minimum atomic E-state index is -0.521. The Balaban J connectivity index is 1.87. The summed E-state index contributed by atoms with van der Waals surface area (Å²) in [5, 5.41) is 3.17. The number of aryl methyl sites for hydroxylation is 2. The summed E-state index contributed by atoms with van der Waals surface area (Å²) in [4.78, 5) is 21.1. The predicted octanol–water partition coefficient (Wildman–Crippen LogP) is 4.94. The Bertz CT molecular complexity index is 1020. The minimum Gasteiger partial charge on any atom is -0.496 e. The lowest BCUT2D eigenvalue weighted by molar-refractivity contribution is 0.102. The van der Waals surface area contributed by atoms with Crippen LogP contribution in [0, 0.1) is 19.7 Å². The molecule has 0 unspecified atom stereocenters. The molecule has 0 fully saturated rings. The van der Waals surface area contributed by atoms with E-state index < -0.39 is 11.7 Å². The van der Waals surface area contributed by atoms with Crippen LogP contribution >= 0.6 is 11.6 Å². The molecule has 3 rings (SSSR count). The molecule has 6 nitrogen and oxygen atoms in total. The normalized spacial score (nSPS) is 10.5. The lowest BCUT2D eigenvalue weighted by Crippen LogP contribution is -2.16. The second kappa shape index (κ2) is 8.22. The summed E-state index contributed by atoms with van der Waals surface area (Å²) in [5.74, 6) is -0.539. The van der Waals surface area contributed by atoms with Crippen molar-refractivity contribution in [1.82, 2.24) is 9.97 Å². The van der Waals surface area contributed by atoms with Gasteiger partial charge in [-0.2, -0.15) is 9.97 Å². The average Bonchev–Trinajstić information content (AvgIpc) is 2.66. The maximum atomic E-state index is 13.8. The molecule has 144 valence electrons. The molecular formula is C20H17ClFN3O3. The summed E-state index contributed by atoms with van der Waals surface area (Å²) in [6.45, 7) is 3.38. The summed E-state index contributed by atoms with van der Waals surface area (Å²) < 4.78 is 24.4. The molecule has 0 saturated heterocycles. The van der Waals surface area contributed by atoms with Crippen LogP contribution in [0.15, 0.2) is 42.5 Å². The summed E-state index contributed by atoms with van der Waals surface area (Å²) >= 11 is 5.99. The lowest BCUT2D eigenvalue weighted by Gasteiger charge is -2.14. The number of amides is 1. The second-order valence-electron chi connectivity index (χ2n) is 5.88. The number of hydrogen-bond acceptors (Lipinski definition) is 5. The first kappa shape index (κ1) is 19.6. The maximum absolute atomic E-state index is 13.8. The number of halogens is 2. The Labute approximate surface area is 166 Å². The van der Waals surface area contributed by atoms with Crippen LogP contribution in [0.25, 0.3) is 0 Å². The zero-order valence-corrected chi connectivity index (χ0v) is 16.2. The van der Waals surface area contributed by atoms with Gasteiger partial charge in [0, 0.05) is 5.02 Å². The minimum absolute atomic E-state index is 0.0153. The monoisotopic (exact) mass is 401 g/mol. The molecule has 0 saturated carbocycles. The van der Waals surface area contributed by atoms with E-state index in [2.05, 4.69) is 15.3 Å². The fourth-order valence-electron chi connectivity index (χ4n) is 2.58. The molecule has 1 aromatic heterocycles. The Morgan fingerprint density at radius 1 is 1.07 bits per heavy atom. The first-order valence-corrected chi connectivity index (χ1v) is 8.69. The molecule has 2 aromatic carbocycles. The van der Waals surface area contributed by atoms with Crippen LogP contribution in [0.5, 0.6) is 17.5 Å². The predicted molar refractivity (Wildman–Crippen MR) is 104 cm³/mol. The molecule has 1 N–H and O–H groups in total. The third-order valence-corrected chi connectivity index (χ3v) is 4.17. The first-order valence-electron chi connectivity index (χ1n) is 8.31. The van der Waals surface area contributed by atoms with Gasteiger partial charge in [-0.3, -0.25) is 4.79 Å². The molecule has 8 heteroatoms. The highest BCUT2D eigenvalue weighted by Crippen LogP contribution is 2.27. The van der Waals surface area contributed by atoms with Crippen LogP contribution < -0.4 is 14.8 Å². The van der Waals surface area contributed by atoms with Gasteiger partial charge in [-0.25, -0.2) is 4.39 Å². The van der Waals surface area contributed by atoms with E-state index in [4.69, 9.17) is 21.1 Å². The summed E-state index contributed by atoms with van der Waals surface area (Å²) in [7, 11) is 1.47. The lowest BCUT2D eigenvalue weighted by atomic mass is 10.1. The average molecular weight is 402 g/mol. The number of carbonyl (C=O) groups excluding carboxylic acids is 1. The summed E-state index contributed by atoms with van der Waals surface area (Å²) in [6.07, 6.45) is 0. The van der Waals surface area contributed by atoms with Gasteiger partial charge in [-0.05, 0) is 44.2 Å². The van der Waals surface area contributed by atoms with E-state index in [1.165, 1.54) is 25.3 Å². The van der Waals surface area contributed by atoms with Crippen molar-refractivity contribution in [1.29, 1.82) is 0 Å². The molecule has 0 aliphatic carbocycles. The fourth-order valence-corrected chi connectivity index (χ4v) is 2.75. The molecule has 0 radical (unpaired) electrons. The zero-order chi connectivity index (χ0) is 20.3. The van der Waals surface area contributed by atoms with Crippen LogP contribution in [-0.2, 0) is 0 Å². The van der Waals surface area contributed by atoms with E-state index >= 15 is 0 Å². The molecule has 0 aliphatic heterocycles. The number of para-hydroxylation sites is 1. The fraction of sp³-hybridized carbons (Fsp3) is 0.150. The number of methoxy groups -OCH3 is 1. The number of anilines is 1. The van der Waals surface area contributed by atoms with Gasteiger partial charge < -0.3 is 14.8 Å². The van der Waals surface area contributed by atoms with Crippen LogP contribution in [0.3, 0.4) is 0 Å². The smallest absolute Gasteiger partial charge is 0.322 e. The number of aromatic nitrogens is 2. The molecule has 1 heterocycles. The van der Waals surface area contributed by atoms with Crippen molar-refractivity contribution in [3.63, 3.8) is 0 Å². The highest BCUT2D eigenvalue weighted by atomic mass is 35.5. The maximum Gasteiger partial charge on any atom is 0.322 e. The highest BCUT2D eigenvalue weighted by molar-refractivity contribution is 6.31. The van der Waals surface area contributed by atoms with Gasteiger partial charge in [0.2, 0.25) is 0 Å². The summed E-state index contributed by atoms with van der Waals surface area (Å²) in [6, 6.07) is 10.7. The molecule has 0 spiro atoms. The Kier molecular flexibility index (Phi) is 5.75. The van der Waals surface area contributed by atoms with Gasteiger partial charge in [-0.15, -0.1) is 0 Å². The van der Waals surface area contributed by atoms with Gasteiger partial charge in [0.05, 0.1) is 29.7 Å². The van der Waals surface area contributed by atoms with Gasteiger partial charge >= 0.3 is 6.01 Å². The third kappa shape index (κ3) is 4.20. The number of benzene rings is 2. The van der Waals surface area contributed by atoms with Crippen LogP contribution in [0.4, 0.5) is 10.1 Å². The van der Waals surface area contributed by atoms with Crippen molar-refractivity contribution in [2.45, 2.75) is 13.8 Å². The molecule has 3 aromatic rings. The highest BCUT2D eigenvalue weighted by Gasteiger charge is 2.18. The van der Waals surface area contributed by atoms with Crippen molar-refractivity contribution in [2.75, 3.05) is 12.4 Å². The van der Waals surface area contributed by atoms with E-state index in [9.17, 15) is 9.18 Å². The third-order valence-electron chi connectivity index (χ3n) is 3.93. The van der Waals surface area contributed by atoms with Crippen LogP contribution in [0.2, 0.25) is 5.02 Å². The first-order chi connectivity index (χ1) is 13.4. The topological polar surface area (TPSA) is 73.3 Å². The quantitative estimate of drug-likeness (QED) is 0.655. The van der Waals surface area contributed by atoms with E-state index in [1.54, 1.807) is 38.1 Å². The largest absolute Gasteiger partial charge is 0.496 e. The zero-order valence-electron chi connectivity index (χ0n) is 15.4. The molecular weight excluding hydrogens is 385 g/mol. The van der Waals surface area contributed by atoms with Crippen LogP contribution in [-0.4, -0.2) is 23.0 Å². The number of rotatable bonds is 5. The second-order valence-corrected chi connectivity index (χ2v) is 6.32. The van der Waals surface area contributed by atoms with E-state index in [1.807, 2.05) is 0 Å². The van der Waals surface area contributed by atoms with Crippen molar-refractivity contribution >= 4 is 23.2 Å².